The Labute approximate surface area is 136 Å². The molecule has 1 unspecified atom stereocenters. The van der Waals surface area contributed by atoms with Gasteiger partial charge in [-0.15, -0.1) is 11.8 Å². The lowest BCUT2D eigenvalue weighted by molar-refractivity contribution is -0.120. The average molecular weight is 315 g/mol. The highest BCUT2D eigenvalue weighted by Crippen LogP contribution is 2.22. The molecule has 0 aliphatic carbocycles. The summed E-state index contributed by atoms with van der Waals surface area (Å²) in [6, 6.07) is 17.8. The highest BCUT2D eigenvalue weighted by Gasteiger charge is 2.13. The number of thioether (sulfide) groups is 1. The summed E-state index contributed by atoms with van der Waals surface area (Å²) in [4.78, 5) is 13.1. The number of ether oxygens (including phenoxy) is 1. The normalized spacial score (nSPS) is 11.7. The Kier molecular flexibility index (Phi) is 6.34. The molecular formula is C18H21NO2S. The zero-order chi connectivity index (χ0) is 15.8. The van der Waals surface area contributed by atoms with Crippen LogP contribution in [0.15, 0.2) is 59.5 Å². The molecule has 0 bridgehead atoms. The molecule has 22 heavy (non-hydrogen) atoms. The Hall–Kier alpha value is -1.94. The predicted octanol–water partition coefficient (Wildman–Crippen LogP) is 3.67. The number of benzene rings is 2. The minimum absolute atomic E-state index is 0.0298. The van der Waals surface area contributed by atoms with E-state index in [-0.39, 0.29) is 11.2 Å². The summed E-state index contributed by atoms with van der Waals surface area (Å²) in [6.45, 7) is 4.90. The van der Waals surface area contributed by atoms with Crippen LogP contribution in [0.2, 0.25) is 0 Å². The van der Waals surface area contributed by atoms with Crippen molar-refractivity contribution in [1.29, 1.82) is 0 Å². The van der Waals surface area contributed by atoms with Gasteiger partial charge in [0.15, 0.2) is 0 Å². The molecule has 0 saturated carbocycles. The van der Waals surface area contributed by atoms with Crippen molar-refractivity contribution in [3.05, 3.63) is 60.2 Å². The third kappa shape index (κ3) is 5.11. The quantitative estimate of drug-likeness (QED) is 0.626. The maximum atomic E-state index is 12.0. The Morgan fingerprint density at radius 2 is 1.82 bits per heavy atom. The van der Waals surface area contributed by atoms with E-state index in [2.05, 4.69) is 5.32 Å². The van der Waals surface area contributed by atoms with Crippen LogP contribution in [0, 0.1) is 6.92 Å². The largest absolute Gasteiger partial charge is 0.491 e. The molecule has 0 heterocycles. The maximum Gasteiger partial charge on any atom is 0.233 e. The summed E-state index contributed by atoms with van der Waals surface area (Å²) in [6.07, 6.45) is 0. The highest BCUT2D eigenvalue weighted by molar-refractivity contribution is 8.00. The van der Waals surface area contributed by atoms with Crippen molar-refractivity contribution in [2.24, 2.45) is 0 Å². The molecule has 1 atom stereocenters. The first-order valence-electron chi connectivity index (χ1n) is 7.34. The molecule has 1 N–H and O–H groups in total. The van der Waals surface area contributed by atoms with E-state index in [0.29, 0.717) is 13.2 Å². The van der Waals surface area contributed by atoms with Gasteiger partial charge in [0.05, 0.1) is 11.8 Å². The minimum Gasteiger partial charge on any atom is -0.491 e. The van der Waals surface area contributed by atoms with Gasteiger partial charge in [-0.25, -0.2) is 0 Å². The van der Waals surface area contributed by atoms with Crippen molar-refractivity contribution in [2.75, 3.05) is 13.2 Å². The van der Waals surface area contributed by atoms with E-state index in [1.165, 1.54) is 0 Å². The summed E-state index contributed by atoms with van der Waals surface area (Å²) >= 11 is 1.56. The van der Waals surface area contributed by atoms with Crippen LogP contribution in [-0.4, -0.2) is 24.3 Å². The lowest BCUT2D eigenvalue weighted by Gasteiger charge is -2.13. The van der Waals surface area contributed by atoms with Crippen LogP contribution in [0.1, 0.15) is 12.5 Å². The lowest BCUT2D eigenvalue weighted by Crippen LogP contribution is -2.34. The smallest absolute Gasteiger partial charge is 0.233 e. The Balaban J connectivity index is 1.70. The van der Waals surface area contributed by atoms with Gasteiger partial charge in [-0.2, -0.15) is 0 Å². The number of para-hydroxylation sites is 1. The van der Waals surface area contributed by atoms with E-state index in [9.17, 15) is 4.79 Å². The topological polar surface area (TPSA) is 38.3 Å². The first kappa shape index (κ1) is 16.4. The Morgan fingerprint density at radius 1 is 1.14 bits per heavy atom. The summed E-state index contributed by atoms with van der Waals surface area (Å²) in [5.74, 6) is 0.894. The van der Waals surface area contributed by atoms with Gasteiger partial charge in [0.1, 0.15) is 12.4 Å². The van der Waals surface area contributed by atoms with Crippen LogP contribution >= 0.6 is 11.8 Å². The highest BCUT2D eigenvalue weighted by atomic mass is 32.2. The maximum absolute atomic E-state index is 12.0. The monoisotopic (exact) mass is 315 g/mol. The fourth-order valence-corrected chi connectivity index (χ4v) is 2.87. The van der Waals surface area contributed by atoms with Crippen molar-refractivity contribution in [3.8, 4) is 5.75 Å². The summed E-state index contributed by atoms with van der Waals surface area (Å²) < 4.78 is 5.66. The van der Waals surface area contributed by atoms with Gasteiger partial charge < -0.3 is 10.1 Å². The van der Waals surface area contributed by atoms with Crippen LogP contribution < -0.4 is 10.1 Å². The molecule has 2 aromatic rings. The molecule has 3 nitrogen and oxygen atoms in total. The summed E-state index contributed by atoms with van der Waals surface area (Å²) in [5.41, 5.74) is 1.10. The van der Waals surface area contributed by atoms with E-state index in [1.807, 2.05) is 68.4 Å². The summed E-state index contributed by atoms with van der Waals surface area (Å²) in [5, 5.41) is 2.78. The van der Waals surface area contributed by atoms with Gasteiger partial charge in [-0.05, 0) is 37.6 Å². The zero-order valence-electron chi connectivity index (χ0n) is 12.9. The van der Waals surface area contributed by atoms with Gasteiger partial charge in [0.25, 0.3) is 0 Å². The Morgan fingerprint density at radius 3 is 2.55 bits per heavy atom. The van der Waals surface area contributed by atoms with Crippen LogP contribution in [0.25, 0.3) is 0 Å². The lowest BCUT2D eigenvalue weighted by atomic mass is 10.2. The van der Waals surface area contributed by atoms with Crippen molar-refractivity contribution >= 4 is 17.7 Å². The van der Waals surface area contributed by atoms with Crippen LogP contribution in [0.4, 0.5) is 0 Å². The van der Waals surface area contributed by atoms with Crippen LogP contribution in [0.3, 0.4) is 0 Å². The van der Waals surface area contributed by atoms with Gasteiger partial charge in [-0.1, -0.05) is 36.4 Å². The molecular weight excluding hydrogens is 294 g/mol. The van der Waals surface area contributed by atoms with Gasteiger partial charge in [0.2, 0.25) is 5.91 Å². The Bertz CT molecular complexity index is 601. The molecule has 0 saturated heterocycles. The number of carbonyl (C=O) groups is 1. The van der Waals surface area contributed by atoms with E-state index in [1.54, 1.807) is 11.8 Å². The molecule has 0 spiro atoms. The number of aryl methyl sites for hydroxylation is 1. The number of hydrogen-bond acceptors (Lipinski definition) is 3. The van der Waals surface area contributed by atoms with Crippen LogP contribution in [0.5, 0.6) is 5.75 Å². The van der Waals surface area contributed by atoms with Crippen molar-refractivity contribution in [1.82, 2.24) is 5.32 Å². The molecule has 116 valence electrons. The number of rotatable bonds is 7. The van der Waals surface area contributed by atoms with Crippen molar-refractivity contribution < 1.29 is 9.53 Å². The van der Waals surface area contributed by atoms with E-state index in [4.69, 9.17) is 4.74 Å². The third-order valence-corrected chi connectivity index (χ3v) is 4.29. The van der Waals surface area contributed by atoms with Crippen molar-refractivity contribution in [3.63, 3.8) is 0 Å². The molecule has 4 heteroatoms. The molecule has 0 radical (unpaired) electrons. The fraction of sp³-hybridized carbons (Fsp3) is 0.278. The van der Waals surface area contributed by atoms with Gasteiger partial charge >= 0.3 is 0 Å². The average Bonchev–Trinajstić information content (AvgIpc) is 2.53. The second kappa shape index (κ2) is 8.49. The van der Waals surface area contributed by atoms with E-state index < -0.39 is 0 Å². The van der Waals surface area contributed by atoms with E-state index >= 15 is 0 Å². The summed E-state index contributed by atoms with van der Waals surface area (Å²) in [7, 11) is 0. The SMILES string of the molecule is Cc1ccccc1OCCNC(=O)C(C)Sc1ccccc1. The minimum atomic E-state index is -0.124. The fourth-order valence-electron chi connectivity index (χ4n) is 1.95. The third-order valence-electron chi connectivity index (χ3n) is 3.18. The zero-order valence-corrected chi connectivity index (χ0v) is 13.7. The molecule has 1 amide bonds. The molecule has 0 aliphatic rings. The second-order valence-corrected chi connectivity index (χ2v) is 6.39. The number of carbonyl (C=O) groups excluding carboxylic acids is 1. The molecule has 2 rings (SSSR count). The molecule has 0 fully saturated rings. The first-order valence-corrected chi connectivity index (χ1v) is 8.22. The second-order valence-electron chi connectivity index (χ2n) is 4.98. The van der Waals surface area contributed by atoms with Gasteiger partial charge in [0, 0.05) is 4.90 Å². The number of hydrogen-bond donors (Lipinski definition) is 1. The standard InChI is InChI=1S/C18H21NO2S/c1-14-8-6-7-11-17(14)21-13-12-19-18(20)15(2)22-16-9-4-3-5-10-16/h3-11,15H,12-13H2,1-2H3,(H,19,20). The predicted molar refractivity (Wildman–Crippen MR) is 91.4 cm³/mol. The molecule has 0 aliphatic heterocycles. The number of nitrogens with one attached hydrogen (secondary N) is 1. The van der Waals surface area contributed by atoms with Gasteiger partial charge in [-0.3, -0.25) is 4.79 Å². The van der Waals surface area contributed by atoms with E-state index in [0.717, 1.165) is 16.2 Å². The number of amides is 1. The molecule has 0 aromatic heterocycles. The molecule has 2 aromatic carbocycles. The van der Waals surface area contributed by atoms with Crippen molar-refractivity contribution in [2.45, 2.75) is 24.0 Å². The first-order chi connectivity index (χ1) is 10.7. The van der Waals surface area contributed by atoms with Crippen LogP contribution in [-0.2, 0) is 4.79 Å².